The summed E-state index contributed by atoms with van der Waals surface area (Å²) in [5.41, 5.74) is 4.67. The van der Waals surface area contributed by atoms with Crippen LogP contribution in [0.4, 0.5) is 5.69 Å². The Bertz CT molecular complexity index is 1050. The minimum Gasteiger partial charge on any atom is -0.497 e. The lowest BCUT2D eigenvalue weighted by molar-refractivity contribution is -0.105. The molecule has 0 aliphatic carbocycles. The van der Waals surface area contributed by atoms with Crippen LogP contribution in [0.15, 0.2) is 55.0 Å². The Morgan fingerprint density at radius 2 is 1.96 bits per heavy atom. The zero-order valence-electron chi connectivity index (χ0n) is 13.6. The normalized spacial score (nSPS) is 10.9. The van der Waals surface area contributed by atoms with Gasteiger partial charge in [0.1, 0.15) is 11.3 Å². The molecule has 25 heavy (non-hydrogen) atoms. The Hall–Kier alpha value is -3.41. The lowest BCUT2D eigenvalue weighted by Gasteiger charge is -2.08. The molecule has 2 aromatic carbocycles. The monoisotopic (exact) mass is 332 g/mol. The summed E-state index contributed by atoms with van der Waals surface area (Å²) < 4.78 is 7.38. The van der Waals surface area contributed by atoms with Crippen LogP contribution < -0.4 is 10.1 Å². The van der Waals surface area contributed by atoms with E-state index in [-0.39, 0.29) is 0 Å². The fraction of sp³-hybridized carbons (Fsp3) is 0.105. The summed E-state index contributed by atoms with van der Waals surface area (Å²) in [6.45, 7) is 0.684. The first-order valence-electron chi connectivity index (χ1n) is 7.85. The standard InChI is InChI=1S/C19H16N4O2/c1-25-15-6-7-16-17(8-15)20-9-18-19(16)23(11-21-18)10-13-2-4-14(5-3-13)22-12-24/h2-9,11-12H,10H2,1H3,(H,22,24). The average molecular weight is 332 g/mol. The number of nitrogens with zero attached hydrogens (tertiary/aromatic N) is 3. The van der Waals surface area contributed by atoms with E-state index in [1.807, 2.05) is 48.8 Å². The van der Waals surface area contributed by atoms with Gasteiger partial charge >= 0.3 is 0 Å². The van der Waals surface area contributed by atoms with Crippen LogP contribution in [-0.4, -0.2) is 28.1 Å². The first-order valence-corrected chi connectivity index (χ1v) is 7.85. The van der Waals surface area contributed by atoms with Crippen molar-refractivity contribution in [2.24, 2.45) is 0 Å². The Balaban J connectivity index is 1.76. The van der Waals surface area contributed by atoms with Crippen LogP contribution in [0.1, 0.15) is 5.56 Å². The summed E-state index contributed by atoms with van der Waals surface area (Å²) in [4.78, 5) is 19.4. The van der Waals surface area contributed by atoms with E-state index in [0.29, 0.717) is 13.0 Å². The molecule has 0 radical (unpaired) electrons. The largest absolute Gasteiger partial charge is 0.497 e. The number of fused-ring (bicyclic) bond motifs is 3. The first-order chi connectivity index (χ1) is 12.3. The number of carbonyl (C=O) groups is 1. The van der Waals surface area contributed by atoms with Gasteiger partial charge in [-0.25, -0.2) is 4.98 Å². The van der Waals surface area contributed by atoms with Crippen LogP contribution >= 0.6 is 0 Å². The fourth-order valence-corrected chi connectivity index (χ4v) is 2.95. The molecule has 2 aromatic heterocycles. The third-order valence-electron chi connectivity index (χ3n) is 4.18. The van der Waals surface area contributed by atoms with Crippen molar-refractivity contribution in [3.63, 3.8) is 0 Å². The summed E-state index contributed by atoms with van der Waals surface area (Å²) in [7, 11) is 1.65. The van der Waals surface area contributed by atoms with Crippen molar-refractivity contribution in [1.29, 1.82) is 0 Å². The summed E-state index contributed by atoms with van der Waals surface area (Å²) in [5.74, 6) is 0.781. The minimum absolute atomic E-state index is 0.672. The number of rotatable bonds is 5. The molecular formula is C19H16N4O2. The molecule has 0 aliphatic heterocycles. The molecule has 6 nitrogen and oxygen atoms in total. The summed E-state index contributed by atoms with van der Waals surface area (Å²) in [6.07, 6.45) is 4.28. The van der Waals surface area contributed by atoms with E-state index in [0.717, 1.165) is 38.9 Å². The van der Waals surface area contributed by atoms with Crippen molar-refractivity contribution in [1.82, 2.24) is 14.5 Å². The van der Waals surface area contributed by atoms with E-state index in [9.17, 15) is 4.79 Å². The molecular weight excluding hydrogens is 316 g/mol. The second-order valence-electron chi connectivity index (χ2n) is 5.71. The zero-order chi connectivity index (χ0) is 17.2. The van der Waals surface area contributed by atoms with Crippen molar-refractivity contribution in [3.05, 3.63) is 60.6 Å². The van der Waals surface area contributed by atoms with Gasteiger partial charge in [0.15, 0.2) is 0 Å². The zero-order valence-corrected chi connectivity index (χ0v) is 13.6. The third-order valence-corrected chi connectivity index (χ3v) is 4.18. The number of amides is 1. The second-order valence-corrected chi connectivity index (χ2v) is 5.71. The van der Waals surface area contributed by atoms with Crippen LogP contribution in [0.25, 0.3) is 21.9 Å². The van der Waals surface area contributed by atoms with Crippen molar-refractivity contribution < 1.29 is 9.53 Å². The molecule has 124 valence electrons. The maximum Gasteiger partial charge on any atom is 0.211 e. The van der Waals surface area contributed by atoms with E-state index in [2.05, 4.69) is 19.9 Å². The molecule has 4 aromatic rings. The highest BCUT2D eigenvalue weighted by molar-refractivity contribution is 6.02. The molecule has 2 heterocycles. The maximum absolute atomic E-state index is 10.5. The van der Waals surface area contributed by atoms with Crippen LogP contribution in [0, 0.1) is 0 Å². The van der Waals surface area contributed by atoms with Crippen LogP contribution in [0.2, 0.25) is 0 Å². The number of ether oxygens (including phenoxy) is 1. The molecule has 0 fully saturated rings. The van der Waals surface area contributed by atoms with Crippen molar-refractivity contribution >= 4 is 34.0 Å². The quantitative estimate of drug-likeness (QED) is 0.570. The van der Waals surface area contributed by atoms with Gasteiger partial charge in [0.05, 0.1) is 30.7 Å². The van der Waals surface area contributed by atoms with E-state index in [4.69, 9.17) is 4.74 Å². The van der Waals surface area contributed by atoms with Crippen molar-refractivity contribution in [3.8, 4) is 5.75 Å². The number of anilines is 1. The molecule has 6 heteroatoms. The Morgan fingerprint density at radius 1 is 1.12 bits per heavy atom. The highest BCUT2D eigenvalue weighted by Gasteiger charge is 2.09. The number of hydrogen-bond donors (Lipinski definition) is 1. The van der Waals surface area contributed by atoms with Crippen LogP contribution in [-0.2, 0) is 11.3 Å². The van der Waals surface area contributed by atoms with E-state index in [1.54, 1.807) is 13.3 Å². The molecule has 1 N–H and O–H groups in total. The molecule has 0 saturated carbocycles. The molecule has 0 bridgehead atoms. The Labute approximate surface area is 144 Å². The van der Waals surface area contributed by atoms with Gasteiger partial charge in [0.25, 0.3) is 0 Å². The van der Waals surface area contributed by atoms with Gasteiger partial charge in [-0.1, -0.05) is 12.1 Å². The van der Waals surface area contributed by atoms with Crippen molar-refractivity contribution in [2.45, 2.75) is 6.54 Å². The maximum atomic E-state index is 10.5. The summed E-state index contributed by atoms with van der Waals surface area (Å²) >= 11 is 0. The van der Waals surface area contributed by atoms with Gasteiger partial charge in [0.2, 0.25) is 6.41 Å². The predicted octanol–water partition coefficient (Wildman–Crippen LogP) is 3.21. The number of aromatic nitrogens is 3. The Kier molecular flexibility index (Phi) is 3.78. The number of imidazole rings is 1. The average Bonchev–Trinajstić information content (AvgIpc) is 3.06. The molecule has 0 aliphatic rings. The SMILES string of the molecule is COc1ccc2c(c1)ncc1ncn(Cc3ccc(NC=O)cc3)c12. The van der Waals surface area contributed by atoms with Gasteiger partial charge in [0, 0.05) is 23.7 Å². The number of hydrogen-bond acceptors (Lipinski definition) is 4. The van der Waals surface area contributed by atoms with Gasteiger partial charge in [-0.2, -0.15) is 0 Å². The highest BCUT2D eigenvalue weighted by Crippen LogP contribution is 2.26. The van der Waals surface area contributed by atoms with Crippen molar-refractivity contribution in [2.75, 3.05) is 12.4 Å². The van der Waals surface area contributed by atoms with E-state index >= 15 is 0 Å². The highest BCUT2D eigenvalue weighted by atomic mass is 16.5. The smallest absolute Gasteiger partial charge is 0.211 e. The predicted molar refractivity (Wildman–Crippen MR) is 96.8 cm³/mol. The Morgan fingerprint density at radius 3 is 2.72 bits per heavy atom. The number of methoxy groups -OCH3 is 1. The second kappa shape index (κ2) is 6.24. The number of pyridine rings is 1. The minimum atomic E-state index is 0.672. The summed E-state index contributed by atoms with van der Waals surface area (Å²) in [6, 6.07) is 13.6. The molecule has 0 unspecified atom stereocenters. The molecule has 1 amide bonds. The number of benzene rings is 2. The van der Waals surface area contributed by atoms with E-state index < -0.39 is 0 Å². The topological polar surface area (TPSA) is 69.0 Å². The van der Waals surface area contributed by atoms with Gasteiger partial charge in [-0.15, -0.1) is 0 Å². The number of nitrogens with one attached hydrogen (secondary N) is 1. The fourth-order valence-electron chi connectivity index (χ4n) is 2.95. The lowest BCUT2D eigenvalue weighted by Crippen LogP contribution is -2.00. The first kappa shape index (κ1) is 15.1. The lowest BCUT2D eigenvalue weighted by atomic mass is 10.1. The molecule has 4 rings (SSSR count). The van der Waals surface area contributed by atoms with Crippen LogP contribution in [0.3, 0.4) is 0 Å². The third kappa shape index (κ3) is 2.78. The van der Waals surface area contributed by atoms with Gasteiger partial charge in [-0.05, 0) is 29.8 Å². The van der Waals surface area contributed by atoms with Gasteiger partial charge in [-0.3, -0.25) is 9.78 Å². The van der Waals surface area contributed by atoms with Crippen LogP contribution in [0.5, 0.6) is 5.75 Å². The molecule has 0 atom stereocenters. The molecule has 0 spiro atoms. The number of carbonyl (C=O) groups excluding carboxylic acids is 1. The van der Waals surface area contributed by atoms with Gasteiger partial charge < -0.3 is 14.6 Å². The summed E-state index contributed by atoms with van der Waals surface area (Å²) in [5, 5.41) is 3.68. The molecule has 0 saturated heterocycles. The van der Waals surface area contributed by atoms with E-state index in [1.165, 1.54) is 0 Å².